The molecule has 2 amide bonds. The lowest BCUT2D eigenvalue weighted by molar-refractivity contribution is -0.120. The first kappa shape index (κ1) is 13.2. The predicted octanol–water partition coefficient (Wildman–Crippen LogP) is 1.62. The molecule has 1 heterocycles. The molecule has 4 N–H and O–H groups in total. The average molecular weight is 278 g/mol. The van der Waals surface area contributed by atoms with E-state index in [1.807, 2.05) is 0 Å². The number of hydrogen-bond donors (Lipinski definition) is 3. The van der Waals surface area contributed by atoms with Gasteiger partial charge in [0, 0.05) is 11.2 Å². The molecule has 2 rings (SSSR count). The molecule has 0 radical (unpaired) electrons. The largest absolute Gasteiger partial charge is 0.368 e. The topological polar surface area (TPSA) is 88.0 Å². The highest BCUT2D eigenvalue weighted by molar-refractivity contribution is 6.30. The van der Waals surface area contributed by atoms with Crippen molar-refractivity contribution < 1.29 is 9.59 Å². The quantitative estimate of drug-likeness (QED) is 0.793. The maximum absolute atomic E-state index is 11.9. The number of nitrogens with two attached hydrogens (primary N) is 1. The van der Waals surface area contributed by atoms with Gasteiger partial charge in [0.05, 0.1) is 0 Å². The first-order valence-electron chi connectivity index (χ1n) is 5.57. The van der Waals surface area contributed by atoms with Crippen molar-refractivity contribution >= 4 is 23.4 Å². The molecule has 1 aromatic carbocycles. The monoisotopic (exact) mass is 277 g/mol. The van der Waals surface area contributed by atoms with Gasteiger partial charge in [-0.05, 0) is 29.8 Å². The molecule has 98 valence electrons. The standard InChI is InChI=1S/C13H12ClN3O2/c14-9-5-3-8(4-6-9)11(12(15)18)17-13(19)10-2-1-7-16-10/h1-7,11,16H,(H2,15,18)(H,17,19)/t11-/m1/s1. The van der Waals surface area contributed by atoms with Gasteiger partial charge in [-0.15, -0.1) is 0 Å². The van der Waals surface area contributed by atoms with Crippen molar-refractivity contribution in [3.8, 4) is 0 Å². The third-order valence-corrected chi connectivity index (χ3v) is 2.86. The number of carbonyl (C=O) groups excluding carboxylic acids is 2. The number of aromatic nitrogens is 1. The molecule has 1 atom stereocenters. The Bertz CT molecular complexity index is 578. The summed E-state index contributed by atoms with van der Waals surface area (Å²) in [6.45, 7) is 0. The Hall–Kier alpha value is -2.27. The zero-order valence-corrected chi connectivity index (χ0v) is 10.6. The number of H-pyrrole nitrogens is 1. The number of amides is 2. The summed E-state index contributed by atoms with van der Waals surface area (Å²) >= 11 is 5.77. The minimum Gasteiger partial charge on any atom is -0.368 e. The van der Waals surface area contributed by atoms with Crippen molar-refractivity contribution in [3.05, 3.63) is 58.9 Å². The van der Waals surface area contributed by atoms with Crippen LogP contribution in [-0.2, 0) is 4.79 Å². The number of aromatic amines is 1. The van der Waals surface area contributed by atoms with Crippen molar-refractivity contribution in [2.45, 2.75) is 6.04 Å². The molecule has 0 saturated heterocycles. The zero-order valence-electron chi connectivity index (χ0n) is 9.89. The van der Waals surface area contributed by atoms with E-state index in [9.17, 15) is 9.59 Å². The first-order valence-corrected chi connectivity index (χ1v) is 5.95. The van der Waals surface area contributed by atoms with Crippen LogP contribution >= 0.6 is 11.6 Å². The lowest BCUT2D eigenvalue weighted by Gasteiger charge is -2.15. The van der Waals surface area contributed by atoms with E-state index >= 15 is 0 Å². The molecular formula is C13H12ClN3O2. The molecule has 19 heavy (non-hydrogen) atoms. The molecule has 2 aromatic rings. The molecule has 0 saturated carbocycles. The van der Waals surface area contributed by atoms with Crippen LogP contribution in [0.1, 0.15) is 22.1 Å². The molecule has 0 fully saturated rings. The van der Waals surface area contributed by atoms with Gasteiger partial charge < -0.3 is 16.0 Å². The van der Waals surface area contributed by atoms with Crippen LogP contribution in [0.3, 0.4) is 0 Å². The fraction of sp³-hybridized carbons (Fsp3) is 0.0769. The number of halogens is 1. The molecule has 5 nitrogen and oxygen atoms in total. The number of benzene rings is 1. The van der Waals surface area contributed by atoms with E-state index in [-0.39, 0.29) is 0 Å². The van der Waals surface area contributed by atoms with Crippen LogP contribution < -0.4 is 11.1 Å². The minimum absolute atomic E-state index is 0.361. The Labute approximate surface area is 114 Å². The molecule has 0 bridgehead atoms. The maximum atomic E-state index is 11.9. The second-order valence-electron chi connectivity index (χ2n) is 3.94. The number of carbonyl (C=O) groups is 2. The second kappa shape index (κ2) is 5.58. The fourth-order valence-corrected chi connectivity index (χ4v) is 1.78. The van der Waals surface area contributed by atoms with Gasteiger partial charge in [-0.25, -0.2) is 0 Å². The van der Waals surface area contributed by atoms with Crippen LogP contribution in [0.15, 0.2) is 42.6 Å². The number of nitrogens with one attached hydrogen (secondary N) is 2. The van der Waals surface area contributed by atoms with Crippen molar-refractivity contribution in [2.75, 3.05) is 0 Å². The van der Waals surface area contributed by atoms with E-state index in [4.69, 9.17) is 17.3 Å². The lowest BCUT2D eigenvalue weighted by atomic mass is 10.1. The molecule has 1 aromatic heterocycles. The minimum atomic E-state index is -0.895. The zero-order chi connectivity index (χ0) is 13.8. The Balaban J connectivity index is 2.19. The van der Waals surface area contributed by atoms with E-state index in [2.05, 4.69) is 10.3 Å². The SMILES string of the molecule is NC(=O)[C@H](NC(=O)c1ccc[nH]1)c1ccc(Cl)cc1. The van der Waals surface area contributed by atoms with Gasteiger partial charge in [0.1, 0.15) is 11.7 Å². The van der Waals surface area contributed by atoms with E-state index in [1.54, 1.807) is 42.6 Å². The highest BCUT2D eigenvalue weighted by Crippen LogP contribution is 2.16. The molecule has 0 unspecified atom stereocenters. The maximum Gasteiger partial charge on any atom is 0.268 e. The van der Waals surface area contributed by atoms with Crippen LogP contribution in [0.25, 0.3) is 0 Å². The Kier molecular flexibility index (Phi) is 3.87. The Morgan fingerprint density at radius 1 is 1.21 bits per heavy atom. The average Bonchev–Trinajstić information content (AvgIpc) is 2.90. The van der Waals surface area contributed by atoms with Gasteiger partial charge >= 0.3 is 0 Å². The highest BCUT2D eigenvalue weighted by Gasteiger charge is 2.21. The van der Waals surface area contributed by atoms with E-state index < -0.39 is 17.9 Å². The summed E-state index contributed by atoms with van der Waals surface area (Å²) in [5.74, 6) is -1.04. The summed E-state index contributed by atoms with van der Waals surface area (Å²) in [7, 11) is 0. The summed E-state index contributed by atoms with van der Waals surface area (Å²) in [6.07, 6.45) is 1.62. The summed E-state index contributed by atoms with van der Waals surface area (Å²) in [4.78, 5) is 26.1. The second-order valence-corrected chi connectivity index (χ2v) is 4.38. The van der Waals surface area contributed by atoms with Crippen molar-refractivity contribution in [1.29, 1.82) is 0 Å². The summed E-state index contributed by atoms with van der Waals surface area (Å²) < 4.78 is 0. The molecule has 0 spiro atoms. The molecular weight excluding hydrogens is 266 g/mol. The predicted molar refractivity (Wildman–Crippen MR) is 71.6 cm³/mol. The van der Waals surface area contributed by atoms with Crippen LogP contribution in [0.5, 0.6) is 0 Å². The van der Waals surface area contributed by atoms with Gasteiger partial charge in [0.2, 0.25) is 5.91 Å². The normalized spacial score (nSPS) is 11.8. The third kappa shape index (κ3) is 3.14. The van der Waals surface area contributed by atoms with Gasteiger partial charge in [0.15, 0.2) is 0 Å². The molecule has 0 aliphatic carbocycles. The molecule has 0 aliphatic rings. The number of rotatable bonds is 4. The van der Waals surface area contributed by atoms with Crippen molar-refractivity contribution in [2.24, 2.45) is 5.73 Å². The third-order valence-electron chi connectivity index (χ3n) is 2.61. The van der Waals surface area contributed by atoms with Crippen LogP contribution in [-0.4, -0.2) is 16.8 Å². The molecule has 6 heteroatoms. The number of primary amides is 1. The van der Waals surface area contributed by atoms with Crippen LogP contribution in [0.2, 0.25) is 5.02 Å². The summed E-state index contributed by atoms with van der Waals surface area (Å²) in [5.41, 5.74) is 6.25. The molecule has 0 aliphatic heterocycles. The Morgan fingerprint density at radius 2 is 1.89 bits per heavy atom. The highest BCUT2D eigenvalue weighted by atomic mass is 35.5. The van der Waals surface area contributed by atoms with Crippen LogP contribution in [0.4, 0.5) is 0 Å². The smallest absolute Gasteiger partial charge is 0.268 e. The van der Waals surface area contributed by atoms with Gasteiger partial charge in [-0.2, -0.15) is 0 Å². The fourth-order valence-electron chi connectivity index (χ4n) is 1.65. The summed E-state index contributed by atoms with van der Waals surface area (Å²) in [5, 5.41) is 3.11. The van der Waals surface area contributed by atoms with Gasteiger partial charge in [-0.3, -0.25) is 9.59 Å². The number of hydrogen-bond acceptors (Lipinski definition) is 2. The van der Waals surface area contributed by atoms with Gasteiger partial charge in [0.25, 0.3) is 5.91 Å². The Morgan fingerprint density at radius 3 is 2.42 bits per heavy atom. The van der Waals surface area contributed by atoms with E-state index in [0.29, 0.717) is 16.3 Å². The van der Waals surface area contributed by atoms with Crippen molar-refractivity contribution in [1.82, 2.24) is 10.3 Å². The van der Waals surface area contributed by atoms with Gasteiger partial charge in [-0.1, -0.05) is 23.7 Å². The van der Waals surface area contributed by atoms with E-state index in [1.165, 1.54) is 0 Å². The first-order chi connectivity index (χ1) is 9.08. The van der Waals surface area contributed by atoms with E-state index in [0.717, 1.165) is 0 Å². The van der Waals surface area contributed by atoms with Crippen LogP contribution in [0, 0.1) is 0 Å². The lowest BCUT2D eigenvalue weighted by Crippen LogP contribution is -2.37. The van der Waals surface area contributed by atoms with Crippen molar-refractivity contribution in [3.63, 3.8) is 0 Å². The summed E-state index contributed by atoms with van der Waals surface area (Å²) in [6, 6.07) is 8.96.